The first-order chi connectivity index (χ1) is 20.3. The lowest BCUT2D eigenvalue weighted by molar-refractivity contribution is -0.142. The summed E-state index contributed by atoms with van der Waals surface area (Å²) < 4.78 is 6.30. The molecule has 2 heterocycles. The number of fused-ring (bicyclic) bond motifs is 3. The number of methoxy groups -OCH3 is 1. The van der Waals surface area contributed by atoms with Gasteiger partial charge in [-0.3, -0.25) is 14.4 Å². The minimum Gasteiger partial charge on any atom is -0.467 e. The van der Waals surface area contributed by atoms with Gasteiger partial charge in [0.25, 0.3) is 5.91 Å². The topological polar surface area (TPSA) is 143 Å². The van der Waals surface area contributed by atoms with E-state index in [9.17, 15) is 24.4 Å². The molecule has 0 radical (unpaired) electrons. The van der Waals surface area contributed by atoms with Crippen LogP contribution >= 0.6 is 11.8 Å². The van der Waals surface area contributed by atoms with Crippen molar-refractivity contribution < 1.29 is 23.9 Å². The lowest BCUT2D eigenvalue weighted by Gasteiger charge is -2.20. The summed E-state index contributed by atoms with van der Waals surface area (Å²) in [5, 5.41) is 19.8. The summed E-state index contributed by atoms with van der Waals surface area (Å²) in [4.78, 5) is 52.5. The number of hydrogen-bond acceptors (Lipinski definition) is 8. The number of Topliss-reactive ketones (excluding diaryl/α,β-unsaturated/α-hetero) is 1. The number of nitrogens with zero attached hydrogens (tertiary/aromatic N) is 3. The van der Waals surface area contributed by atoms with Gasteiger partial charge in [-0.25, -0.2) is 9.48 Å². The molecule has 2 N–H and O–H groups in total. The van der Waals surface area contributed by atoms with E-state index in [-0.39, 0.29) is 5.69 Å². The molecule has 2 atom stereocenters. The van der Waals surface area contributed by atoms with Crippen LogP contribution in [0.2, 0.25) is 0 Å². The molecule has 42 heavy (non-hydrogen) atoms. The van der Waals surface area contributed by atoms with E-state index in [1.54, 1.807) is 53.2 Å². The third-order valence-corrected chi connectivity index (χ3v) is 7.78. The summed E-state index contributed by atoms with van der Waals surface area (Å²) in [6, 6.07) is 23.8. The van der Waals surface area contributed by atoms with Gasteiger partial charge in [0.1, 0.15) is 11.7 Å². The van der Waals surface area contributed by atoms with Gasteiger partial charge in [0.05, 0.1) is 24.6 Å². The van der Waals surface area contributed by atoms with Crippen LogP contribution in [0.4, 0.5) is 5.69 Å². The van der Waals surface area contributed by atoms with Crippen LogP contribution in [-0.2, 0) is 20.1 Å². The molecule has 0 aliphatic carbocycles. The zero-order chi connectivity index (χ0) is 29.8. The van der Waals surface area contributed by atoms with Crippen LogP contribution < -0.4 is 10.6 Å². The predicted octanol–water partition coefficient (Wildman–Crippen LogP) is 4.40. The Morgan fingerprint density at radius 1 is 1.02 bits per heavy atom. The molecule has 0 bridgehead atoms. The Labute approximate surface area is 245 Å². The smallest absolute Gasteiger partial charge is 0.328 e. The molecule has 5 rings (SSSR count). The maximum absolute atomic E-state index is 13.7. The van der Waals surface area contributed by atoms with E-state index in [1.165, 1.54) is 25.8 Å². The van der Waals surface area contributed by atoms with E-state index in [4.69, 9.17) is 4.74 Å². The molecule has 11 heteroatoms. The quantitative estimate of drug-likeness (QED) is 0.178. The van der Waals surface area contributed by atoms with Gasteiger partial charge >= 0.3 is 5.97 Å². The molecule has 0 fully saturated rings. The number of anilines is 1. The Morgan fingerprint density at radius 2 is 1.71 bits per heavy atom. The monoisotopic (exact) mass is 579 g/mol. The number of nitriles is 1. The van der Waals surface area contributed by atoms with Crippen LogP contribution in [0.15, 0.2) is 83.8 Å². The lowest BCUT2D eigenvalue weighted by atomic mass is 9.96. The molecule has 0 saturated heterocycles. The second kappa shape index (κ2) is 12.1. The second-order valence-electron chi connectivity index (χ2n) is 9.42. The van der Waals surface area contributed by atoms with E-state index in [1.807, 2.05) is 36.4 Å². The molecular weight excluding hydrogens is 554 g/mol. The van der Waals surface area contributed by atoms with Gasteiger partial charge in [-0.15, -0.1) is 11.8 Å². The van der Waals surface area contributed by atoms with Gasteiger partial charge in [-0.05, 0) is 49.4 Å². The molecule has 1 unspecified atom stereocenters. The van der Waals surface area contributed by atoms with Crippen LogP contribution in [0.3, 0.4) is 0 Å². The first kappa shape index (κ1) is 28.3. The highest BCUT2D eigenvalue weighted by Crippen LogP contribution is 2.44. The first-order valence-corrected chi connectivity index (χ1v) is 13.9. The second-order valence-corrected chi connectivity index (χ2v) is 10.4. The number of amides is 2. The van der Waals surface area contributed by atoms with Crippen LogP contribution in [0.5, 0.6) is 0 Å². The minimum atomic E-state index is -1.63. The molecule has 10 nitrogen and oxygen atoms in total. The largest absolute Gasteiger partial charge is 0.467 e. The highest BCUT2D eigenvalue weighted by molar-refractivity contribution is 7.98. The summed E-state index contributed by atoms with van der Waals surface area (Å²) in [6.45, 7) is 1.53. The molecule has 1 aliphatic rings. The van der Waals surface area contributed by atoms with E-state index >= 15 is 0 Å². The number of rotatable bonds is 8. The van der Waals surface area contributed by atoms with Crippen molar-refractivity contribution in [3.63, 3.8) is 0 Å². The summed E-state index contributed by atoms with van der Waals surface area (Å²) in [6.07, 6.45) is 0. The number of ether oxygens (including phenoxy) is 1. The number of hydrogen-bond donors (Lipinski definition) is 2. The average Bonchev–Trinajstić information content (AvgIpc) is 3.42. The van der Waals surface area contributed by atoms with Crippen molar-refractivity contribution >= 4 is 41.0 Å². The zero-order valence-electron chi connectivity index (χ0n) is 22.7. The van der Waals surface area contributed by atoms with Crippen molar-refractivity contribution in [2.24, 2.45) is 5.92 Å². The van der Waals surface area contributed by atoms with Gasteiger partial charge in [0, 0.05) is 33.0 Å². The highest BCUT2D eigenvalue weighted by atomic mass is 32.2. The summed E-state index contributed by atoms with van der Waals surface area (Å²) in [7, 11) is 1.24. The molecular formula is C31H25N5O5S. The molecule has 210 valence electrons. The van der Waals surface area contributed by atoms with Gasteiger partial charge in [-0.2, -0.15) is 10.4 Å². The molecule has 1 aliphatic heterocycles. The van der Waals surface area contributed by atoms with Crippen molar-refractivity contribution in [3.8, 4) is 23.0 Å². The Bertz CT molecular complexity index is 1730. The van der Waals surface area contributed by atoms with Crippen molar-refractivity contribution in [3.05, 3.63) is 95.7 Å². The Morgan fingerprint density at radius 3 is 2.38 bits per heavy atom. The van der Waals surface area contributed by atoms with E-state index in [2.05, 4.69) is 15.7 Å². The number of aromatic nitrogens is 2. The number of thioether (sulfide) groups is 1. The summed E-state index contributed by atoms with van der Waals surface area (Å²) in [5.74, 6) is -3.79. The molecule has 4 aromatic rings. The zero-order valence-corrected chi connectivity index (χ0v) is 23.5. The maximum atomic E-state index is 13.7. The van der Waals surface area contributed by atoms with Crippen molar-refractivity contribution in [1.29, 1.82) is 5.26 Å². The first-order valence-electron chi connectivity index (χ1n) is 12.9. The molecule has 0 saturated carbocycles. The van der Waals surface area contributed by atoms with E-state index in [0.29, 0.717) is 39.5 Å². The number of nitrogens with one attached hydrogen (secondary N) is 2. The third kappa shape index (κ3) is 5.53. The normalized spacial score (nSPS) is 13.0. The van der Waals surface area contributed by atoms with Crippen LogP contribution in [0.1, 0.15) is 33.3 Å². The highest BCUT2D eigenvalue weighted by Gasteiger charge is 2.36. The van der Waals surface area contributed by atoms with Gasteiger partial charge in [0.15, 0.2) is 5.92 Å². The summed E-state index contributed by atoms with van der Waals surface area (Å²) >= 11 is 1.45. The Kier molecular flexibility index (Phi) is 8.17. The van der Waals surface area contributed by atoms with Crippen LogP contribution in [-0.4, -0.2) is 46.5 Å². The fraction of sp³-hybridized carbons (Fsp3) is 0.161. The van der Waals surface area contributed by atoms with E-state index in [0.717, 1.165) is 4.90 Å². The standard InChI is InChI=1S/C31H25N5O5S/c1-18(31(40)41-2)33-29(38)19-13-14-25-22(15-19)27-24(17-42-25)26(35-36(27)21-11-7-4-8-12-21)28(37)23(16-32)30(39)34-20-9-5-3-6-10-20/h3-15,18,23H,17H2,1-2H3,(H,33,38)(H,34,39)/t18-,23?/m0/s1. The third-order valence-electron chi connectivity index (χ3n) is 6.68. The minimum absolute atomic E-state index is 0.0101. The van der Waals surface area contributed by atoms with Crippen LogP contribution in [0, 0.1) is 17.2 Å². The molecule has 2 amide bonds. The number of benzene rings is 3. The van der Waals surface area contributed by atoms with Gasteiger partial charge < -0.3 is 15.4 Å². The Hall–Kier alpha value is -5.21. The molecule has 0 spiro atoms. The van der Waals surface area contributed by atoms with Crippen LogP contribution in [0.25, 0.3) is 16.9 Å². The lowest BCUT2D eigenvalue weighted by Crippen LogP contribution is -2.39. The fourth-order valence-electron chi connectivity index (χ4n) is 4.57. The number of esters is 1. The van der Waals surface area contributed by atoms with Gasteiger partial charge in [0.2, 0.25) is 11.7 Å². The maximum Gasteiger partial charge on any atom is 0.328 e. The van der Waals surface area contributed by atoms with Crippen molar-refractivity contribution in [1.82, 2.24) is 15.1 Å². The average molecular weight is 580 g/mol. The fourth-order valence-corrected chi connectivity index (χ4v) is 5.62. The van der Waals surface area contributed by atoms with Crippen molar-refractivity contribution in [2.75, 3.05) is 12.4 Å². The molecule has 3 aromatic carbocycles. The van der Waals surface area contributed by atoms with Crippen molar-refractivity contribution in [2.45, 2.75) is 23.6 Å². The molecule has 1 aromatic heterocycles. The Balaban J connectivity index is 1.57. The number of carbonyl (C=O) groups is 4. The SMILES string of the molecule is COC(=O)[C@H](C)NC(=O)c1ccc2c(c1)-c1c(c(C(=O)C(C#N)C(=O)Nc3ccccc3)nn1-c1ccccc1)CS2. The number of para-hydroxylation sites is 2. The van der Waals surface area contributed by atoms with E-state index < -0.39 is 35.5 Å². The summed E-state index contributed by atoms with van der Waals surface area (Å²) in [5.41, 5.74) is 3.20. The number of carbonyl (C=O) groups excluding carboxylic acids is 4. The predicted molar refractivity (Wildman–Crippen MR) is 156 cm³/mol. The number of ketones is 1. The van der Waals surface area contributed by atoms with Gasteiger partial charge in [-0.1, -0.05) is 36.4 Å².